The molecule has 0 amide bonds. The van der Waals surface area contributed by atoms with E-state index in [2.05, 4.69) is 6.58 Å². The molecule has 0 saturated heterocycles. The molecule has 0 aromatic rings. The first kappa shape index (κ1) is 14.4. The molecule has 0 spiro atoms. The lowest BCUT2D eigenvalue weighted by Crippen LogP contribution is -2.18. The Hall–Kier alpha value is -1.58. The minimum atomic E-state index is -0.634. The van der Waals surface area contributed by atoms with E-state index in [4.69, 9.17) is 9.47 Å². The van der Waals surface area contributed by atoms with Crippen LogP contribution in [0, 0.1) is 0 Å². The van der Waals surface area contributed by atoms with Gasteiger partial charge in [-0.15, -0.1) is 6.58 Å². The summed E-state index contributed by atoms with van der Waals surface area (Å²) in [5.74, 6) is -1.27. The van der Waals surface area contributed by atoms with Crippen molar-refractivity contribution in [1.82, 2.24) is 0 Å². The van der Waals surface area contributed by atoms with Gasteiger partial charge in [0.15, 0.2) is 0 Å². The average Bonchev–Trinajstić information content (AvgIpc) is 2.25. The average molecular weight is 226 g/mol. The maximum absolute atomic E-state index is 11.4. The Morgan fingerprint density at radius 1 is 1.06 bits per heavy atom. The van der Waals surface area contributed by atoms with Gasteiger partial charge in [0.2, 0.25) is 0 Å². The minimum absolute atomic E-state index is 0.0365. The number of ether oxygens (including phenoxy) is 2. The molecule has 0 rings (SSSR count). The predicted octanol–water partition coefficient (Wildman–Crippen LogP) is 2.01. The van der Waals surface area contributed by atoms with Crippen LogP contribution in [0.15, 0.2) is 24.3 Å². The number of hydrogen-bond acceptors (Lipinski definition) is 4. The molecule has 0 aliphatic carbocycles. The van der Waals surface area contributed by atoms with E-state index in [1.807, 2.05) is 0 Å². The highest BCUT2D eigenvalue weighted by Gasteiger charge is 2.19. The number of unbranched alkanes of at least 4 members (excludes halogenated alkanes) is 1. The number of hydrogen-bond donors (Lipinski definition) is 0. The standard InChI is InChI=1S/C12H18O4/c1-4-7-8-9-10(11(13)15-5-2)12(14)16-6-3/h4,9H,1,5-8H2,2-3H3. The van der Waals surface area contributed by atoms with E-state index < -0.39 is 11.9 Å². The highest BCUT2D eigenvalue weighted by molar-refractivity contribution is 6.14. The number of esters is 2. The molecular formula is C12H18O4. The lowest BCUT2D eigenvalue weighted by Gasteiger charge is -2.06. The van der Waals surface area contributed by atoms with E-state index in [0.29, 0.717) is 12.8 Å². The fourth-order valence-corrected chi connectivity index (χ4v) is 1.01. The van der Waals surface area contributed by atoms with Gasteiger partial charge in [-0.3, -0.25) is 0 Å². The van der Waals surface area contributed by atoms with Gasteiger partial charge in [0.25, 0.3) is 0 Å². The van der Waals surface area contributed by atoms with E-state index in [1.54, 1.807) is 19.9 Å². The lowest BCUT2D eigenvalue weighted by molar-refractivity contribution is -0.146. The van der Waals surface area contributed by atoms with Crippen LogP contribution in [0.1, 0.15) is 26.7 Å². The van der Waals surface area contributed by atoms with Crippen LogP contribution in [-0.4, -0.2) is 25.2 Å². The summed E-state index contributed by atoms with van der Waals surface area (Å²) in [6.07, 6.45) is 4.50. The minimum Gasteiger partial charge on any atom is -0.462 e. The molecule has 0 bridgehead atoms. The number of allylic oxidation sites excluding steroid dienone is 2. The van der Waals surface area contributed by atoms with E-state index in [9.17, 15) is 9.59 Å². The van der Waals surface area contributed by atoms with Gasteiger partial charge in [-0.25, -0.2) is 9.59 Å². The van der Waals surface area contributed by atoms with Crippen molar-refractivity contribution in [2.24, 2.45) is 0 Å². The van der Waals surface area contributed by atoms with Gasteiger partial charge < -0.3 is 9.47 Å². The summed E-state index contributed by atoms with van der Waals surface area (Å²) in [7, 11) is 0. The Balaban J connectivity index is 4.60. The van der Waals surface area contributed by atoms with E-state index in [1.165, 1.54) is 6.08 Å². The first-order valence-corrected chi connectivity index (χ1v) is 5.32. The van der Waals surface area contributed by atoms with Gasteiger partial charge in [-0.1, -0.05) is 12.2 Å². The third-order valence-corrected chi connectivity index (χ3v) is 1.71. The van der Waals surface area contributed by atoms with E-state index in [-0.39, 0.29) is 18.8 Å². The first-order valence-electron chi connectivity index (χ1n) is 5.32. The lowest BCUT2D eigenvalue weighted by atomic mass is 10.2. The Bertz CT molecular complexity index is 259. The van der Waals surface area contributed by atoms with Crippen molar-refractivity contribution in [2.45, 2.75) is 26.7 Å². The fourth-order valence-electron chi connectivity index (χ4n) is 1.01. The van der Waals surface area contributed by atoms with Crippen molar-refractivity contribution < 1.29 is 19.1 Å². The zero-order valence-electron chi connectivity index (χ0n) is 9.82. The van der Waals surface area contributed by atoms with Crippen LogP contribution < -0.4 is 0 Å². The molecule has 0 N–H and O–H groups in total. The molecule has 0 fully saturated rings. The highest BCUT2D eigenvalue weighted by Crippen LogP contribution is 2.05. The van der Waals surface area contributed by atoms with Crippen molar-refractivity contribution in [2.75, 3.05) is 13.2 Å². The SMILES string of the molecule is C=CCCC=C(C(=O)OCC)C(=O)OCC. The summed E-state index contributed by atoms with van der Waals surface area (Å²) < 4.78 is 9.54. The summed E-state index contributed by atoms with van der Waals surface area (Å²) in [5, 5.41) is 0. The largest absolute Gasteiger partial charge is 0.462 e. The monoisotopic (exact) mass is 226 g/mol. The van der Waals surface area contributed by atoms with E-state index in [0.717, 1.165) is 0 Å². The van der Waals surface area contributed by atoms with Crippen LogP contribution in [0.3, 0.4) is 0 Å². The third-order valence-electron chi connectivity index (χ3n) is 1.71. The molecule has 0 aliphatic rings. The molecule has 0 heterocycles. The van der Waals surface area contributed by atoms with Crippen LogP contribution in [0.4, 0.5) is 0 Å². The predicted molar refractivity (Wildman–Crippen MR) is 60.8 cm³/mol. The molecule has 4 heteroatoms. The van der Waals surface area contributed by atoms with Crippen molar-refractivity contribution in [3.63, 3.8) is 0 Å². The summed E-state index contributed by atoms with van der Waals surface area (Å²) in [6.45, 7) is 7.39. The Morgan fingerprint density at radius 2 is 1.56 bits per heavy atom. The smallest absolute Gasteiger partial charge is 0.345 e. The topological polar surface area (TPSA) is 52.6 Å². The van der Waals surface area contributed by atoms with Crippen LogP contribution in [0.5, 0.6) is 0 Å². The number of carbonyl (C=O) groups excluding carboxylic acids is 2. The molecular weight excluding hydrogens is 208 g/mol. The first-order chi connectivity index (χ1) is 7.67. The van der Waals surface area contributed by atoms with E-state index >= 15 is 0 Å². The molecule has 16 heavy (non-hydrogen) atoms. The second-order valence-electron chi connectivity index (χ2n) is 2.92. The summed E-state index contributed by atoms with van der Waals surface area (Å²) >= 11 is 0. The zero-order valence-corrected chi connectivity index (χ0v) is 9.82. The van der Waals surface area contributed by atoms with Crippen LogP contribution in [0.25, 0.3) is 0 Å². The molecule has 0 atom stereocenters. The highest BCUT2D eigenvalue weighted by atomic mass is 16.6. The molecule has 0 aromatic carbocycles. The van der Waals surface area contributed by atoms with Gasteiger partial charge in [0, 0.05) is 0 Å². The zero-order chi connectivity index (χ0) is 12.4. The second kappa shape index (κ2) is 8.71. The van der Waals surface area contributed by atoms with Gasteiger partial charge in [0.05, 0.1) is 13.2 Å². The van der Waals surface area contributed by atoms with Crippen molar-refractivity contribution in [3.8, 4) is 0 Å². The van der Waals surface area contributed by atoms with Gasteiger partial charge in [-0.05, 0) is 26.7 Å². The second-order valence-corrected chi connectivity index (χ2v) is 2.92. The van der Waals surface area contributed by atoms with Crippen molar-refractivity contribution in [3.05, 3.63) is 24.3 Å². The Morgan fingerprint density at radius 3 is 1.94 bits per heavy atom. The molecule has 0 unspecified atom stereocenters. The van der Waals surface area contributed by atoms with Crippen molar-refractivity contribution >= 4 is 11.9 Å². The molecule has 90 valence electrons. The Labute approximate surface area is 95.9 Å². The van der Waals surface area contributed by atoms with Gasteiger partial charge >= 0.3 is 11.9 Å². The van der Waals surface area contributed by atoms with Crippen LogP contribution in [0.2, 0.25) is 0 Å². The third kappa shape index (κ3) is 5.34. The summed E-state index contributed by atoms with van der Waals surface area (Å²) in [4.78, 5) is 22.9. The van der Waals surface area contributed by atoms with Gasteiger partial charge in [0.1, 0.15) is 5.57 Å². The van der Waals surface area contributed by atoms with Crippen molar-refractivity contribution in [1.29, 1.82) is 0 Å². The number of carbonyl (C=O) groups is 2. The molecule has 4 nitrogen and oxygen atoms in total. The van der Waals surface area contributed by atoms with Crippen LogP contribution in [-0.2, 0) is 19.1 Å². The van der Waals surface area contributed by atoms with Crippen LogP contribution >= 0.6 is 0 Å². The molecule has 0 radical (unpaired) electrons. The fraction of sp³-hybridized carbons (Fsp3) is 0.500. The van der Waals surface area contributed by atoms with Gasteiger partial charge in [-0.2, -0.15) is 0 Å². The number of rotatable bonds is 7. The summed E-state index contributed by atoms with van der Waals surface area (Å²) in [5.41, 5.74) is -0.0365. The Kier molecular flexibility index (Phi) is 7.85. The molecule has 0 aromatic heterocycles. The normalized spacial score (nSPS) is 9.12. The maximum atomic E-state index is 11.4. The molecule has 0 aliphatic heterocycles. The summed E-state index contributed by atoms with van der Waals surface area (Å²) in [6, 6.07) is 0. The molecule has 0 saturated carbocycles. The quantitative estimate of drug-likeness (QED) is 0.166. The maximum Gasteiger partial charge on any atom is 0.345 e.